The highest BCUT2D eigenvalue weighted by Gasteiger charge is 2.30. The number of hydrogen-bond acceptors (Lipinski definition) is 1. The molecule has 1 aliphatic heterocycles. The van der Waals surface area contributed by atoms with Crippen molar-refractivity contribution in [3.8, 4) is 0 Å². The quantitative estimate of drug-likeness (QED) is 0.697. The van der Waals surface area contributed by atoms with Gasteiger partial charge in [-0.1, -0.05) is 12.1 Å². The average Bonchev–Trinajstić information content (AvgIpc) is 2.69. The van der Waals surface area contributed by atoms with Crippen molar-refractivity contribution >= 4 is 0 Å². The second kappa shape index (κ2) is 3.85. The van der Waals surface area contributed by atoms with Gasteiger partial charge in [0, 0.05) is 6.61 Å². The van der Waals surface area contributed by atoms with Crippen LogP contribution >= 0.6 is 0 Å². The molecule has 0 aliphatic carbocycles. The summed E-state index contributed by atoms with van der Waals surface area (Å²) in [5, 5.41) is 0. The standard InChI is InChI=1S/C11H11F3O/c12-11(13,14)9-5-3-8(4-6-9)10-2-1-7-15-10/h3-6,10H,1-2,7H2. The van der Waals surface area contributed by atoms with Crippen LogP contribution in [0.4, 0.5) is 13.2 Å². The SMILES string of the molecule is FC(F)(F)c1ccc(C2CCCO2)cc1. The smallest absolute Gasteiger partial charge is 0.374 e. The van der Waals surface area contributed by atoms with Crippen LogP contribution in [0, 0.1) is 0 Å². The molecule has 82 valence electrons. The lowest BCUT2D eigenvalue weighted by molar-refractivity contribution is -0.137. The van der Waals surface area contributed by atoms with Crippen molar-refractivity contribution in [2.24, 2.45) is 0 Å². The lowest BCUT2D eigenvalue weighted by atomic mass is 10.0. The Balaban J connectivity index is 2.16. The van der Waals surface area contributed by atoms with E-state index in [4.69, 9.17) is 4.74 Å². The summed E-state index contributed by atoms with van der Waals surface area (Å²) in [7, 11) is 0. The van der Waals surface area contributed by atoms with Gasteiger partial charge in [-0.15, -0.1) is 0 Å². The molecule has 1 aliphatic rings. The van der Waals surface area contributed by atoms with Crippen molar-refractivity contribution in [2.75, 3.05) is 6.61 Å². The highest BCUT2D eigenvalue weighted by molar-refractivity contribution is 5.26. The first-order valence-corrected chi connectivity index (χ1v) is 4.86. The third-order valence-corrected chi connectivity index (χ3v) is 2.54. The second-order valence-electron chi connectivity index (χ2n) is 3.62. The predicted octanol–water partition coefficient (Wildman–Crippen LogP) is 3.56. The van der Waals surface area contributed by atoms with Gasteiger partial charge in [-0.2, -0.15) is 13.2 Å². The van der Waals surface area contributed by atoms with Gasteiger partial charge in [0.2, 0.25) is 0 Å². The number of halogens is 3. The predicted molar refractivity (Wildman–Crippen MR) is 49.4 cm³/mol. The van der Waals surface area contributed by atoms with Gasteiger partial charge in [0.05, 0.1) is 11.7 Å². The minimum atomic E-state index is -4.25. The molecule has 1 atom stereocenters. The molecule has 1 aromatic rings. The van der Waals surface area contributed by atoms with Crippen molar-refractivity contribution in [1.29, 1.82) is 0 Å². The van der Waals surface area contributed by atoms with E-state index < -0.39 is 11.7 Å². The van der Waals surface area contributed by atoms with Gasteiger partial charge in [-0.3, -0.25) is 0 Å². The molecule has 0 saturated carbocycles. The minimum absolute atomic E-state index is 0.0210. The molecule has 1 unspecified atom stereocenters. The summed E-state index contributed by atoms with van der Waals surface area (Å²) in [5.41, 5.74) is 0.227. The van der Waals surface area contributed by atoms with E-state index in [-0.39, 0.29) is 6.10 Å². The topological polar surface area (TPSA) is 9.23 Å². The molecule has 0 aromatic heterocycles. The molecule has 1 heterocycles. The summed E-state index contributed by atoms with van der Waals surface area (Å²) < 4.78 is 42.2. The molecule has 4 heteroatoms. The minimum Gasteiger partial charge on any atom is -0.374 e. The number of hydrogen-bond donors (Lipinski definition) is 0. The molecule has 0 N–H and O–H groups in total. The van der Waals surface area contributed by atoms with Crippen LogP contribution in [0.15, 0.2) is 24.3 Å². The van der Waals surface area contributed by atoms with Crippen molar-refractivity contribution in [3.63, 3.8) is 0 Å². The fourth-order valence-electron chi connectivity index (χ4n) is 1.73. The van der Waals surface area contributed by atoms with Gasteiger partial charge in [0.25, 0.3) is 0 Å². The van der Waals surface area contributed by atoms with Gasteiger partial charge in [-0.05, 0) is 30.5 Å². The molecule has 0 amide bonds. The number of rotatable bonds is 1. The largest absolute Gasteiger partial charge is 0.416 e. The van der Waals surface area contributed by atoms with E-state index in [0.29, 0.717) is 6.61 Å². The van der Waals surface area contributed by atoms with E-state index in [1.54, 1.807) is 0 Å². The molecule has 1 fully saturated rings. The Kier molecular flexibility index (Phi) is 2.69. The zero-order valence-corrected chi connectivity index (χ0v) is 8.05. The van der Waals surface area contributed by atoms with E-state index in [9.17, 15) is 13.2 Å². The number of ether oxygens (including phenoxy) is 1. The third kappa shape index (κ3) is 2.31. The highest BCUT2D eigenvalue weighted by atomic mass is 19.4. The molecular formula is C11H11F3O. The Hall–Kier alpha value is -1.03. The van der Waals surface area contributed by atoms with E-state index >= 15 is 0 Å². The zero-order valence-electron chi connectivity index (χ0n) is 8.05. The normalized spacial score (nSPS) is 21.9. The van der Waals surface area contributed by atoms with Crippen LogP contribution in [0.5, 0.6) is 0 Å². The lowest BCUT2D eigenvalue weighted by Gasteiger charge is -2.11. The first-order chi connectivity index (χ1) is 7.07. The van der Waals surface area contributed by atoms with Crippen LogP contribution in [0.1, 0.15) is 30.1 Å². The molecule has 1 nitrogen and oxygen atoms in total. The van der Waals surface area contributed by atoms with E-state index in [1.807, 2.05) is 0 Å². The Morgan fingerprint density at radius 2 is 1.80 bits per heavy atom. The maximum absolute atomic E-state index is 12.3. The summed E-state index contributed by atoms with van der Waals surface area (Å²) in [4.78, 5) is 0. The van der Waals surface area contributed by atoms with Crippen LogP contribution in [0.2, 0.25) is 0 Å². The lowest BCUT2D eigenvalue weighted by Crippen LogP contribution is -2.05. The van der Waals surface area contributed by atoms with Crippen molar-refractivity contribution in [2.45, 2.75) is 25.1 Å². The monoisotopic (exact) mass is 216 g/mol. The molecule has 1 aromatic carbocycles. The molecule has 0 radical (unpaired) electrons. The summed E-state index contributed by atoms with van der Waals surface area (Å²) in [6.07, 6.45) is -2.40. The Morgan fingerprint density at radius 1 is 1.13 bits per heavy atom. The number of benzene rings is 1. The van der Waals surface area contributed by atoms with Gasteiger partial charge >= 0.3 is 6.18 Å². The second-order valence-corrected chi connectivity index (χ2v) is 3.62. The maximum Gasteiger partial charge on any atom is 0.416 e. The highest BCUT2D eigenvalue weighted by Crippen LogP contribution is 2.32. The Morgan fingerprint density at radius 3 is 2.27 bits per heavy atom. The first kappa shape index (κ1) is 10.5. The average molecular weight is 216 g/mol. The summed E-state index contributed by atoms with van der Waals surface area (Å²) in [5.74, 6) is 0. The van der Waals surface area contributed by atoms with Gasteiger partial charge in [0.1, 0.15) is 0 Å². The maximum atomic E-state index is 12.3. The molecule has 1 saturated heterocycles. The molecular weight excluding hydrogens is 205 g/mol. The van der Waals surface area contributed by atoms with Crippen LogP contribution in [-0.2, 0) is 10.9 Å². The molecule has 0 spiro atoms. The summed E-state index contributed by atoms with van der Waals surface area (Å²) >= 11 is 0. The zero-order chi connectivity index (χ0) is 10.9. The van der Waals surface area contributed by atoms with E-state index in [2.05, 4.69) is 0 Å². The molecule has 2 rings (SSSR count). The Labute approximate surface area is 85.9 Å². The molecule has 0 bridgehead atoms. The molecule has 15 heavy (non-hydrogen) atoms. The fourth-order valence-corrected chi connectivity index (χ4v) is 1.73. The Bertz CT molecular complexity index is 323. The van der Waals surface area contributed by atoms with Crippen molar-refractivity contribution in [1.82, 2.24) is 0 Å². The van der Waals surface area contributed by atoms with Crippen LogP contribution in [-0.4, -0.2) is 6.61 Å². The van der Waals surface area contributed by atoms with Gasteiger partial charge < -0.3 is 4.74 Å². The van der Waals surface area contributed by atoms with Crippen molar-refractivity contribution < 1.29 is 17.9 Å². The summed E-state index contributed by atoms with van der Waals surface area (Å²) in [6.45, 7) is 0.700. The van der Waals surface area contributed by atoms with E-state index in [1.165, 1.54) is 12.1 Å². The number of alkyl halides is 3. The fraction of sp³-hybridized carbons (Fsp3) is 0.455. The van der Waals surface area contributed by atoms with Crippen LogP contribution in [0.3, 0.4) is 0 Å². The summed E-state index contributed by atoms with van der Waals surface area (Å²) in [6, 6.07) is 5.21. The van der Waals surface area contributed by atoms with Crippen LogP contribution in [0.25, 0.3) is 0 Å². The van der Waals surface area contributed by atoms with Crippen molar-refractivity contribution in [3.05, 3.63) is 35.4 Å². The van der Waals surface area contributed by atoms with Gasteiger partial charge in [-0.25, -0.2) is 0 Å². The first-order valence-electron chi connectivity index (χ1n) is 4.86. The van der Waals surface area contributed by atoms with Gasteiger partial charge in [0.15, 0.2) is 0 Å². The third-order valence-electron chi connectivity index (χ3n) is 2.54. The van der Waals surface area contributed by atoms with Crippen LogP contribution < -0.4 is 0 Å². The van der Waals surface area contributed by atoms with E-state index in [0.717, 1.165) is 30.5 Å².